The first-order valence-electron chi connectivity index (χ1n) is 6.38. The highest BCUT2D eigenvalue weighted by Crippen LogP contribution is 2.26. The number of carbonyl (C=O) groups is 1. The van der Waals surface area contributed by atoms with Gasteiger partial charge in [-0.1, -0.05) is 36.4 Å². The molecule has 0 aliphatic carbocycles. The first kappa shape index (κ1) is 14.4. The van der Waals surface area contributed by atoms with Crippen LogP contribution in [0.25, 0.3) is 11.1 Å². The number of hydrogen-bond donors (Lipinski definition) is 1. The number of nitrogens with two attached hydrogens (primary N) is 1. The topological polar surface area (TPSA) is 52.3 Å². The quantitative estimate of drug-likeness (QED) is 0.529. The average Bonchev–Trinajstić information content (AvgIpc) is 2.48. The second-order valence-electron chi connectivity index (χ2n) is 4.36. The Morgan fingerprint density at radius 1 is 1.10 bits per heavy atom. The van der Waals surface area contributed by atoms with Gasteiger partial charge in [0, 0.05) is 5.69 Å². The zero-order valence-electron chi connectivity index (χ0n) is 11.2. The minimum atomic E-state index is -0.768. The van der Waals surface area contributed by atoms with Crippen molar-refractivity contribution < 1.29 is 9.53 Å². The van der Waals surface area contributed by atoms with Crippen LogP contribution in [-0.2, 0) is 9.53 Å². The summed E-state index contributed by atoms with van der Waals surface area (Å²) in [6.45, 7) is 2.08. The predicted molar refractivity (Wildman–Crippen MR) is 81.5 cm³/mol. The van der Waals surface area contributed by atoms with Crippen LogP contribution in [0.15, 0.2) is 48.5 Å². The van der Waals surface area contributed by atoms with Crippen molar-refractivity contribution in [3.8, 4) is 11.1 Å². The molecule has 2 aromatic rings. The summed E-state index contributed by atoms with van der Waals surface area (Å²) in [6, 6.07) is 15.1. The van der Waals surface area contributed by atoms with Gasteiger partial charge in [0.15, 0.2) is 5.38 Å². The van der Waals surface area contributed by atoms with Gasteiger partial charge >= 0.3 is 5.97 Å². The fraction of sp³-hybridized carbons (Fsp3) is 0.188. The lowest BCUT2D eigenvalue weighted by atomic mass is 10.0. The summed E-state index contributed by atoms with van der Waals surface area (Å²) in [5, 5.41) is -0.768. The molecule has 1 unspecified atom stereocenters. The summed E-state index contributed by atoms with van der Waals surface area (Å²) in [5.41, 5.74) is 9.22. The number of esters is 1. The molecule has 0 heterocycles. The fourth-order valence-corrected chi connectivity index (χ4v) is 2.08. The molecule has 0 saturated heterocycles. The van der Waals surface area contributed by atoms with Crippen LogP contribution in [-0.4, -0.2) is 12.6 Å². The van der Waals surface area contributed by atoms with E-state index in [0.717, 1.165) is 22.4 Å². The minimum absolute atomic E-state index is 0.325. The Kier molecular flexibility index (Phi) is 4.64. The second-order valence-corrected chi connectivity index (χ2v) is 4.80. The molecule has 0 bridgehead atoms. The Bertz CT molecular complexity index is 578. The van der Waals surface area contributed by atoms with Crippen LogP contribution in [0.2, 0.25) is 0 Å². The van der Waals surface area contributed by atoms with Crippen LogP contribution in [0.5, 0.6) is 0 Å². The molecular weight excluding hydrogens is 274 g/mol. The lowest BCUT2D eigenvalue weighted by Gasteiger charge is -2.10. The molecule has 0 aliphatic rings. The van der Waals surface area contributed by atoms with Crippen LogP contribution in [0.4, 0.5) is 5.69 Å². The molecule has 3 nitrogen and oxygen atoms in total. The van der Waals surface area contributed by atoms with Crippen molar-refractivity contribution in [2.45, 2.75) is 12.3 Å². The summed E-state index contributed by atoms with van der Waals surface area (Å²) < 4.78 is 4.90. The Morgan fingerprint density at radius 3 is 2.10 bits per heavy atom. The number of alkyl halides is 1. The molecule has 0 saturated carbocycles. The molecule has 20 heavy (non-hydrogen) atoms. The highest BCUT2D eigenvalue weighted by molar-refractivity contribution is 6.29. The van der Waals surface area contributed by atoms with E-state index in [9.17, 15) is 4.79 Å². The molecule has 2 N–H and O–H groups in total. The van der Waals surface area contributed by atoms with Crippen molar-refractivity contribution in [2.24, 2.45) is 0 Å². The summed E-state index contributed by atoms with van der Waals surface area (Å²) in [7, 11) is 0. The highest BCUT2D eigenvalue weighted by atomic mass is 35.5. The zero-order chi connectivity index (χ0) is 14.5. The van der Waals surface area contributed by atoms with Gasteiger partial charge in [-0.25, -0.2) is 0 Å². The van der Waals surface area contributed by atoms with E-state index in [-0.39, 0.29) is 0 Å². The maximum Gasteiger partial charge on any atom is 0.328 e. The molecule has 0 radical (unpaired) electrons. The van der Waals surface area contributed by atoms with Gasteiger partial charge in [0.1, 0.15) is 0 Å². The van der Waals surface area contributed by atoms with E-state index in [1.165, 1.54) is 0 Å². The number of ether oxygens (including phenoxy) is 1. The van der Waals surface area contributed by atoms with Crippen LogP contribution in [0.3, 0.4) is 0 Å². The third kappa shape index (κ3) is 3.31. The Morgan fingerprint density at radius 2 is 1.60 bits per heavy atom. The van der Waals surface area contributed by atoms with Gasteiger partial charge in [-0.05, 0) is 35.7 Å². The summed E-state index contributed by atoms with van der Waals surface area (Å²) in [6.07, 6.45) is 0. The van der Waals surface area contributed by atoms with Crippen LogP contribution < -0.4 is 5.73 Å². The van der Waals surface area contributed by atoms with Gasteiger partial charge in [0.2, 0.25) is 0 Å². The van der Waals surface area contributed by atoms with Crippen molar-refractivity contribution in [1.29, 1.82) is 0 Å². The fourth-order valence-electron chi connectivity index (χ4n) is 1.87. The molecule has 0 aliphatic heterocycles. The SMILES string of the molecule is CCOC(=O)C(Cl)c1ccc(-c2ccc(N)cc2)cc1. The average molecular weight is 290 g/mol. The van der Waals surface area contributed by atoms with E-state index in [1.807, 2.05) is 48.5 Å². The van der Waals surface area contributed by atoms with Gasteiger partial charge in [0.25, 0.3) is 0 Å². The van der Waals surface area contributed by atoms with Gasteiger partial charge in [-0.3, -0.25) is 4.79 Å². The van der Waals surface area contributed by atoms with Gasteiger partial charge in [-0.15, -0.1) is 11.6 Å². The van der Waals surface area contributed by atoms with Gasteiger partial charge in [-0.2, -0.15) is 0 Å². The predicted octanol–water partition coefficient (Wildman–Crippen LogP) is 3.78. The van der Waals surface area contributed by atoms with E-state index in [2.05, 4.69) is 0 Å². The molecule has 0 amide bonds. The van der Waals surface area contributed by atoms with E-state index >= 15 is 0 Å². The van der Waals surface area contributed by atoms with Gasteiger partial charge < -0.3 is 10.5 Å². The summed E-state index contributed by atoms with van der Waals surface area (Å²) >= 11 is 6.06. The normalized spacial score (nSPS) is 11.9. The minimum Gasteiger partial charge on any atom is -0.465 e. The molecule has 2 rings (SSSR count). The second kappa shape index (κ2) is 6.44. The van der Waals surface area contributed by atoms with Crippen LogP contribution >= 0.6 is 11.6 Å². The maximum absolute atomic E-state index is 11.6. The number of benzene rings is 2. The third-order valence-electron chi connectivity index (χ3n) is 2.94. The molecule has 0 aromatic heterocycles. The Labute approximate surface area is 123 Å². The summed E-state index contributed by atoms with van der Waals surface area (Å²) in [5.74, 6) is -0.422. The first-order chi connectivity index (χ1) is 9.61. The largest absolute Gasteiger partial charge is 0.465 e. The Hall–Kier alpha value is -2.00. The van der Waals surface area contributed by atoms with Crippen molar-refractivity contribution in [3.63, 3.8) is 0 Å². The molecule has 0 spiro atoms. The van der Waals surface area contributed by atoms with E-state index in [0.29, 0.717) is 6.61 Å². The first-order valence-corrected chi connectivity index (χ1v) is 6.82. The van der Waals surface area contributed by atoms with Crippen molar-refractivity contribution >= 4 is 23.3 Å². The lowest BCUT2D eigenvalue weighted by molar-refractivity contribution is -0.142. The monoisotopic (exact) mass is 289 g/mol. The molecule has 0 fully saturated rings. The van der Waals surface area contributed by atoms with E-state index < -0.39 is 11.3 Å². The smallest absolute Gasteiger partial charge is 0.328 e. The Balaban J connectivity index is 2.17. The molecule has 104 valence electrons. The van der Waals surface area contributed by atoms with Crippen molar-refractivity contribution in [2.75, 3.05) is 12.3 Å². The van der Waals surface area contributed by atoms with Gasteiger partial charge in [0.05, 0.1) is 6.61 Å². The van der Waals surface area contributed by atoms with E-state index in [1.54, 1.807) is 6.92 Å². The number of rotatable bonds is 4. The van der Waals surface area contributed by atoms with Crippen LogP contribution in [0.1, 0.15) is 17.9 Å². The standard InChI is InChI=1S/C16H16ClNO2/c1-2-20-16(19)15(17)13-5-3-11(4-6-13)12-7-9-14(18)10-8-12/h3-10,15H,2,18H2,1H3. The number of nitrogen functional groups attached to an aromatic ring is 1. The number of carbonyl (C=O) groups excluding carboxylic acids is 1. The lowest BCUT2D eigenvalue weighted by Crippen LogP contribution is -2.10. The maximum atomic E-state index is 11.6. The van der Waals surface area contributed by atoms with E-state index in [4.69, 9.17) is 22.1 Å². The highest BCUT2D eigenvalue weighted by Gasteiger charge is 2.18. The number of hydrogen-bond acceptors (Lipinski definition) is 3. The summed E-state index contributed by atoms with van der Waals surface area (Å²) in [4.78, 5) is 11.6. The third-order valence-corrected chi connectivity index (χ3v) is 3.37. The molecular formula is C16H16ClNO2. The molecule has 2 aromatic carbocycles. The van der Waals surface area contributed by atoms with Crippen molar-refractivity contribution in [1.82, 2.24) is 0 Å². The number of anilines is 1. The molecule has 1 atom stereocenters. The number of halogens is 1. The molecule has 4 heteroatoms. The zero-order valence-corrected chi connectivity index (χ0v) is 11.9. The van der Waals surface area contributed by atoms with Crippen molar-refractivity contribution in [3.05, 3.63) is 54.1 Å². The van der Waals surface area contributed by atoms with Crippen LogP contribution in [0, 0.1) is 0 Å².